The molecule has 8 aromatic rings. The van der Waals surface area contributed by atoms with Crippen LogP contribution in [0.4, 0.5) is 0 Å². The number of fused-ring (bicyclic) bond motifs is 6. The van der Waals surface area contributed by atoms with Gasteiger partial charge >= 0.3 is 0 Å². The van der Waals surface area contributed by atoms with E-state index in [2.05, 4.69) is 169 Å². The van der Waals surface area contributed by atoms with Gasteiger partial charge in [0.05, 0.1) is 0 Å². The summed E-state index contributed by atoms with van der Waals surface area (Å²) in [6.45, 7) is 0. The van der Waals surface area contributed by atoms with E-state index in [-0.39, 0.29) is 5.92 Å². The normalized spacial score (nSPS) is 14.4. The molecule has 0 N–H and O–H groups in total. The van der Waals surface area contributed by atoms with E-state index in [9.17, 15) is 0 Å². The highest BCUT2D eigenvalue weighted by molar-refractivity contribution is 6.25. The highest BCUT2D eigenvalue weighted by atomic mass is 15.0. The summed E-state index contributed by atoms with van der Waals surface area (Å²) < 4.78 is 0. The van der Waals surface area contributed by atoms with Crippen LogP contribution in [0.1, 0.15) is 23.7 Å². The molecule has 9 rings (SSSR count). The van der Waals surface area contributed by atoms with E-state index in [1.54, 1.807) is 6.33 Å². The molecular weight excluding hydrogens is 583 g/mol. The van der Waals surface area contributed by atoms with Crippen LogP contribution in [-0.4, -0.2) is 15.0 Å². The molecule has 0 radical (unpaired) electrons. The summed E-state index contributed by atoms with van der Waals surface area (Å²) in [5.41, 5.74) is 8.10. The Labute approximate surface area is 279 Å². The van der Waals surface area contributed by atoms with Gasteiger partial charge in [-0.15, -0.1) is 0 Å². The highest BCUT2D eigenvalue weighted by Crippen LogP contribution is 2.41. The molecule has 1 unspecified atom stereocenters. The third-order valence-electron chi connectivity index (χ3n) is 9.59. The van der Waals surface area contributed by atoms with E-state index in [4.69, 9.17) is 9.97 Å². The summed E-state index contributed by atoms with van der Waals surface area (Å²) in [5, 5.41) is 7.64. The van der Waals surface area contributed by atoms with E-state index in [0.29, 0.717) is 5.82 Å². The Hall–Kier alpha value is -6.19. The fourth-order valence-corrected chi connectivity index (χ4v) is 7.30. The summed E-state index contributed by atoms with van der Waals surface area (Å²) in [6, 6.07) is 52.1. The lowest BCUT2D eigenvalue weighted by molar-refractivity contribution is 0.770. The van der Waals surface area contributed by atoms with Crippen LogP contribution in [0.5, 0.6) is 0 Å². The van der Waals surface area contributed by atoms with Crippen LogP contribution in [-0.2, 0) is 0 Å². The van der Waals surface area contributed by atoms with Gasteiger partial charge in [0.1, 0.15) is 12.2 Å². The van der Waals surface area contributed by atoms with Crippen molar-refractivity contribution in [3.05, 3.63) is 182 Å². The van der Waals surface area contributed by atoms with Crippen LogP contribution in [0, 0.1) is 0 Å². The van der Waals surface area contributed by atoms with E-state index < -0.39 is 0 Å². The van der Waals surface area contributed by atoms with Gasteiger partial charge in [0.15, 0.2) is 5.82 Å². The minimum atomic E-state index is 0.0786. The van der Waals surface area contributed by atoms with Gasteiger partial charge in [0, 0.05) is 11.5 Å². The van der Waals surface area contributed by atoms with Crippen molar-refractivity contribution in [3.8, 4) is 33.6 Å². The number of rotatable bonds is 5. The lowest BCUT2D eigenvalue weighted by Gasteiger charge is -2.19. The topological polar surface area (TPSA) is 38.7 Å². The van der Waals surface area contributed by atoms with E-state index >= 15 is 0 Å². The van der Waals surface area contributed by atoms with E-state index in [0.717, 1.165) is 28.9 Å². The first kappa shape index (κ1) is 28.1. The molecule has 3 heteroatoms. The maximum absolute atomic E-state index is 5.09. The summed E-state index contributed by atoms with van der Waals surface area (Å²) in [5.74, 6) is 1.55. The van der Waals surface area contributed by atoms with Crippen molar-refractivity contribution in [1.82, 2.24) is 15.0 Å². The minimum absolute atomic E-state index is 0.0786. The molecule has 1 atom stereocenters. The number of benzene rings is 7. The third kappa shape index (κ3) is 4.88. The maximum atomic E-state index is 5.09. The zero-order chi connectivity index (χ0) is 31.9. The fraction of sp³-hybridized carbons (Fsp3) is 0.0444. The lowest BCUT2D eigenvalue weighted by atomic mass is 9.88. The molecule has 1 heterocycles. The Kier molecular flexibility index (Phi) is 6.94. The Morgan fingerprint density at radius 2 is 1.02 bits per heavy atom. The van der Waals surface area contributed by atoms with Gasteiger partial charge in [-0.2, -0.15) is 0 Å². The van der Waals surface area contributed by atoms with Crippen LogP contribution in [0.2, 0.25) is 0 Å². The second-order valence-electron chi connectivity index (χ2n) is 12.4. The van der Waals surface area contributed by atoms with Gasteiger partial charge in [-0.1, -0.05) is 158 Å². The first-order valence-electron chi connectivity index (χ1n) is 16.5. The molecule has 48 heavy (non-hydrogen) atoms. The van der Waals surface area contributed by atoms with Gasteiger partial charge in [-0.05, 0) is 78.2 Å². The Balaban J connectivity index is 1.14. The molecule has 0 saturated heterocycles. The van der Waals surface area contributed by atoms with Crippen molar-refractivity contribution in [1.29, 1.82) is 0 Å². The molecule has 0 saturated carbocycles. The lowest BCUT2D eigenvalue weighted by Crippen LogP contribution is -2.07. The van der Waals surface area contributed by atoms with Crippen molar-refractivity contribution in [3.63, 3.8) is 0 Å². The van der Waals surface area contributed by atoms with Crippen LogP contribution < -0.4 is 0 Å². The molecule has 1 aliphatic rings. The Bertz CT molecular complexity index is 2510. The number of nitrogens with zero attached hydrogens (tertiary/aromatic N) is 3. The molecule has 3 nitrogen and oxygen atoms in total. The second kappa shape index (κ2) is 11.9. The molecule has 0 amide bonds. The van der Waals surface area contributed by atoms with E-state index in [1.807, 2.05) is 0 Å². The van der Waals surface area contributed by atoms with Gasteiger partial charge in [-0.25, -0.2) is 15.0 Å². The first-order valence-corrected chi connectivity index (χ1v) is 16.5. The zero-order valence-electron chi connectivity index (χ0n) is 26.3. The fourth-order valence-electron chi connectivity index (χ4n) is 7.30. The third-order valence-corrected chi connectivity index (χ3v) is 9.59. The molecule has 226 valence electrons. The summed E-state index contributed by atoms with van der Waals surface area (Å²) in [4.78, 5) is 14.5. The molecule has 0 aliphatic heterocycles. The molecular formula is C45H31N3. The molecule has 0 fully saturated rings. The molecule has 0 bridgehead atoms. The Morgan fingerprint density at radius 1 is 0.458 bits per heavy atom. The first-order chi connectivity index (χ1) is 23.8. The second-order valence-corrected chi connectivity index (χ2v) is 12.4. The number of hydrogen-bond donors (Lipinski definition) is 0. The molecule has 7 aromatic carbocycles. The van der Waals surface area contributed by atoms with Crippen LogP contribution >= 0.6 is 0 Å². The van der Waals surface area contributed by atoms with Crippen LogP contribution in [0.15, 0.2) is 170 Å². The number of allylic oxidation sites excluding steroid dienone is 4. The standard InChI is InChI=1S/C45H31N3/c1-2-13-30(14-3-1)31-15-12-16-33(27-31)44-46-29-47-45(48-44)42-24-11-10-22-39(42)35-18-5-4-17-34(35)32-25-26-41-38-21-7-6-19-36(38)37-20-8-9-23-40(37)43(41)28-32/h1-26,28-29,33H,27H2. The van der Waals surface area contributed by atoms with E-state index in [1.165, 1.54) is 54.6 Å². The van der Waals surface area contributed by atoms with Crippen LogP contribution in [0.3, 0.4) is 0 Å². The van der Waals surface area contributed by atoms with Crippen molar-refractivity contribution >= 4 is 37.9 Å². The average Bonchev–Trinajstić information content (AvgIpc) is 3.18. The summed E-state index contributed by atoms with van der Waals surface area (Å²) in [7, 11) is 0. The predicted molar refractivity (Wildman–Crippen MR) is 200 cm³/mol. The molecule has 1 aliphatic carbocycles. The monoisotopic (exact) mass is 613 g/mol. The summed E-state index contributed by atoms with van der Waals surface area (Å²) >= 11 is 0. The van der Waals surface area contributed by atoms with Crippen molar-refractivity contribution in [2.24, 2.45) is 0 Å². The quantitative estimate of drug-likeness (QED) is 0.181. The van der Waals surface area contributed by atoms with Crippen molar-refractivity contribution in [2.75, 3.05) is 0 Å². The van der Waals surface area contributed by atoms with Crippen molar-refractivity contribution in [2.45, 2.75) is 12.3 Å². The smallest absolute Gasteiger partial charge is 0.163 e. The largest absolute Gasteiger partial charge is 0.221 e. The van der Waals surface area contributed by atoms with Crippen LogP contribution in [0.25, 0.3) is 71.5 Å². The summed E-state index contributed by atoms with van der Waals surface area (Å²) in [6.07, 6.45) is 9.02. The van der Waals surface area contributed by atoms with Crippen molar-refractivity contribution < 1.29 is 0 Å². The molecule has 1 aromatic heterocycles. The zero-order valence-corrected chi connectivity index (χ0v) is 26.3. The predicted octanol–water partition coefficient (Wildman–Crippen LogP) is 11.5. The number of hydrogen-bond acceptors (Lipinski definition) is 3. The average molecular weight is 614 g/mol. The highest BCUT2D eigenvalue weighted by Gasteiger charge is 2.20. The molecule has 0 spiro atoms. The number of aromatic nitrogens is 3. The van der Waals surface area contributed by atoms with Gasteiger partial charge < -0.3 is 0 Å². The SMILES string of the molecule is C1=CC(c2ncnc(-c3ccccc3-c3ccccc3-c3ccc4c5ccccc5c5ccccc5c4c3)n2)CC(c2ccccc2)=C1. The minimum Gasteiger partial charge on any atom is -0.221 e. The maximum Gasteiger partial charge on any atom is 0.163 e. The van der Waals surface area contributed by atoms with Gasteiger partial charge in [-0.3, -0.25) is 0 Å². The Morgan fingerprint density at radius 3 is 1.73 bits per heavy atom. The van der Waals surface area contributed by atoms with Gasteiger partial charge in [0.2, 0.25) is 0 Å². The van der Waals surface area contributed by atoms with Gasteiger partial charge in [0.25, 0.3) is 0 Å².